The molecular weight excluding hydrogens is 649 g/mol. The Morgan fingerprint density at radius 1 is 0.720 bits per heavy atom. The number of unbranched alkanes of at least 4 members (excludes halogenated alkanes) is 4. The van der Waals surface area contributed by atoms with Gasteiger partial charge in [-0.1, -0.05) is 144 Å². The Bertz CT molecular complexity index is 1140. The van der Waals surface area contributed by atoms with Crippen LogP contribution >= 0.6 is 0 Å². The summed E-state index contributed by atoms with van der Waals surface area (Å²) in [6.07, 6.45) is 26.0. The predicted octanol–water partition coefficient (Wildman–Crippen LogP) is 13.1. The lowest BCUT2D eigenvalue weighted by molar-refractivity contribution is -0.121. The van der Waals surface area contributed by atoms with E-state index in [1.165, 1.54) is 44.9 Å². The van der Waals surface area contributed by atoms with Gasteiger partial charge >= 0.3 is 0 Å². The zero-order valence-electron chi connectivity index (χ0n) is 35.2. The summed E-state index contributed by atoms with van der Waals surface area (Å²) in [7, 11) is -3.95. The summed E-state index contributed by atoms with van der Waals surface area (Å²) in [5, 5.41) is 0.255. The molecule has 0 aliphatic heterocycles. The van der Waals surface area contributed by atoms with Crippen molar-refractivity contribution in [1.82, 2.24) is 0 Å². The van der Waals surface area contributed by atoms with Crippen molar-refractivity contribution in [3.05, 3.63) is 36.5 Å². The third-order valence-electron chi connectivity index (χ3n) is 12.8. The van der Waals surface area contributed by atoms with E-state index in [9.17, 15) is 9.59 Å². The van der Waals surface area contributed by atoms with Crippen molar-refractivity contribution in [3.63, 3.8) is 0 Å². The Morgan fingerprint density at radius 3 is 1.76 bits per heavy atom. The first-order valence-electron chi connectivity index (χ1n) is 20.6. The van der Waals surface area contributed by atoms with Gasteiger partial charge in [0.25, 0.3) is 0 Å². The highest BCUT2D eigenvalue weighted by molar-refractivity contribution is 6.74. The molecule has 4 nitrogen and oxygen atoms in total. The number of allylic oxidation sites excluding steroid dienone is 4. The second-order valence-electron chi connectivity index (χ2n) is 19.2. The number of Topliss-reactive ketones (excluding diaryl/α,β-unsaturated/α-hetero) is 2. The molecule has 8 atom stereocenters. The molecule has 2 aliphatic carbocycles. The highest BCUT2D eigenvalue weighted by Crippen LogP contribution is 2.44. The summed E-state index contributed by atoms with van der Waals surface area (Å²) in [5.74, 6) is 1.80. The van der Waals surface area contributed by atoms with E-state index in [1.54, 1.807) is 0 Å². The molecule has 0 N–H and O–H groups in total. The Hall–Kier alpha value is -1.09. The Labute approximate surface area is 312 Å². The maximum Gasteiger partial charge on any atom is 0.192 e. The third-order valence-corrected chi connectivity index (χ3v) is 21.8. The molecule has 0 unspecified atom stereocenters. The molecule has 2 fully saturated rings. The Morgan fingerprint density at radius 2 is 1.22 bits per heavy atom. The molecule has 0 saturated heterocycles. The maximum absolute atomic E-state index is 13.6. The highest BCUT2D eigenvalue weighted by atomic mass is 28.4. The molecule has 2 aliphatic rings. The van der Waals surface area contributed by atoms with Gasteiger partial charge in [0.2, 0.25) is 0 Å². The lowest BCUT2D eigenvalue weighted by Gasteiger charge is -2.39. The first-order chi connectivity index (χ1) is 23.1. The topological polar surface area (TPSA) is 52.6 Å². The lowest BCUT2D eigenvalue weighted by Crippen LogP contribution is -2.45. The van der Waals surface area contributed by atoms with Crippen molar-refractivity contribution < 1.29 is 18.4 Å². The number of carbonyl (C=O) groups excluding carboxylic acids is 2. The van der Waals surface area contributed by atoms with Crippen molar-refractivity contribution in [1.29, 1.82) is 0 Å². The van der Waals surface area contributed by atoms with E-state index in [0.717, 1.165) is 12.8 Å². The summed E-state index contributed by atoms with van der Waals surface area (Å²) in [6, 6.07) is 0. The maximum atomic E-state index is 13.6. The molecule has 6 heteroatoms. The van der Waals surface area contributed by atoms with E-state index in [4.69, 9.17) is 8.85 Å². The molecule has 288 valence electrons. The van der Waals surface area contributed by atoms with Crippen LogP contribution in [0.3, 0.4) is 0 Å². The smallest absolute Gasteiger partial charge is 0.192 e. The molecular formula is C44H80O4Si2. The van der Waals surface area contributed by atoms with Crippen LogP contribution in [-0.2, 0) is 18.4 Å². The lowest BCUT2D eigenvalue weighted by atomic mass is 9.86. The minimum Gasteiger partial charge on any atom is -0.413 e. The molecule has 0 bridgehead atoms. The number of rotatable bonds is 20. The summed E-state index contributed by atoms with van der Waals surface area (Å²) >= 11 is 0. The van der Waals surface area contributed by atoms with Crippen LogP contribution in [0.5, 0.6) is 0 Å². The Balaban J connectivity index is 2.21. The zero-order chi connectivity index (χ0) is 37.9. The number of hydrogen-bond donors (Lipinski definition) is 0. The first-order valence-corrected chi connectivity index (χ1v) is 26.4. The molecule has 0 spiro atoms. The SMILES string of the molecule is CCCCC[C@H](C)/C=C/[C@H]1[C@H](O[Si](C)(C)C(C)(C)C)CC(=O)[C@@H]1C/C=C/C[C@H]1C(=O)C[C@@H](C)[C@@H]1/C=C/[C@H](CCCCC)O[Si](C)(C)C(C)(C)C. The van der Waals surface area contributed by atoms with Crippen molar-refractivity contribution in [3.8, 4) is 0 Å². The van der Waals surface area contributed by atoms with E-state index >= 15 is 0 Å². The van der Waals surface area contributed by atoms with Gasteiger partial charge in [0.15, 0.2) is 16.6 Å². The van der Waals surface area contributed by atoms with Crippen LogP contribution in [0.1, 0.15) is 146 Å². The summed E-state index contributed by atoms with van der Waals surface area (Å²) in [5.41, 5.74) is 0. The van der Waals surface area contributed by atoms with Crippen molar-refractivity contribution in [2.75, 3.05) is 0 Å². The standard InChI is InChI=1S/C44H80O4Si2/c1-15-17-19-23-33(3)27-29-39-38(41(46)32-42(39)48-50(13,14)44(8,9)10)26-22-21-25-37-36(34(4)31-40(37)45)30-28-35(24-20-18-16-2)47-49(11,12)43(5,6)7/h21-22,27-30,33-39,42H,15-20,23-26,31-32H2,1-14H3/b22-21+,29-27+,30-28+/t33-,34+,35-,36-,37+,38+,39+,42+/m0/s1. The van der Waals surface area contributed by atoms with E-state index in [2.05, 4.69) is 132 Å². The van der Waals surface area contributed by atoms with E-state index in [0.29, 0.717) is 42.7 Å². The minimum absolute atomic E-state index is 0.00438. The fraction of sp³-hybridized carbons (Fsp3) is 0.818. The van der Waals surface area contributed by atoms with Crippen LogP contribution in [0, 0.1) is 35.5 Å². The summed E-state index contributed by atoms with van der Waals surface area (Å²) in [4.78, 5) is 26.9. The molecule has 0 heterocycles. The van der Waals surface area contributed by atoms with Gasteiger partial charge in [-0.3, -0.25) is 9.59 Å². The van der Waals surface area contributed by atoms with Gasteiger partial charge in [0.1, 0.15) is 11.6 Å². The third kappa shape index (κ3) is 13.4. The van der Waals surface area contributed by atoms with Crippen LogP contribution in [0.2, 0.25) is 36.3 Å². The fourth-order valence-electron chi connectivity index (χ4n) is 7.22. The van der Waals surface area contributed by atoms with Gasteiger partial charge in [0, 0.05) is 30.6 Å². The van der Waals surface area contributed by atoms with Crippen LogP contribution in [0.15, 0.2) is 36.5 Å². The van der Waals surface area contributed by atoms with Crippen molar-refractivity contribution in [2.45, 2.75) is 195 Å². The number of hydrogen-bond acceptors (Lipinski definition) is 4. The van der Waals surface area contributed by atoms with Crippen LogP contribution in [0.25, 0.3) is 0 Å². The average Bonchev–Trinajstić information content (AvgIpc) is 3.43. The molecule has 2 rings (SSSR count). The largest absolute Gasteiger partial charge is 0.413 e. The van der Waals surface area contributed by atoms with Gasteiger partial charge in [-0.2, -0.15) is 0 Å². The molecule has 0 aromatic carbocycles. The van der Waals surface area contributed by atoms with E-state index in [-0.39, 0.29) is 46.0 Å². The molecule has 0 aromatic heterocycles. The minimum atomic E-state index is -2.03. The summed E-state index contributed by atoms with van der Waals surface area (Å²) < 4.78 is 13.8. The molecule has 0 amide bonds. The second kappa shape index (κ2) is 19.8. The highest BCUT2D eigenvalue weighted by Gasteiger charge is 2.47. The predicted molar refractivity (Wildman–Crippen MR) is 221 cm³/mol. The fourth-order valence-corrected chi connectivity index (χ4v) is 9.88. The molecule has 50 heavy (non-hydrogen) atoms. The normalized spacial score (nSPS) is 27.1. The van der Waals surface area contributed by atoms with Crippen molar-refractivity contribution >= 4 is 28.2 Å². The van der Waals surface area contributed by atoms with E-state index < -0.39 is 16.6 Å². The van der Waals surface area contributed by atoms with Gasteiger partial charge < -0.3 is 8.85 Å². The first kappa shape index (κ1) is 45.1. The molecule has 0 aromatic rings. The second-order valence-corrected chi connectivity index (χ2v) is 28.7. The van der Waals surface area contributed by atoms with Gasteiger partial charge in [-0.05, 0) is 79.7 Å². The van der Waals surface area contributed by atoms with Gasteiger partial charge in [0.05, 0.1) is 12.2 Å². The van der Waals surface area contributed by atoms with Crippen LogP contribution < -0.4 is 0 Å². The quantitative estimate of drug-likeness (QED) is 0.0711. The molecule has 2 saturated carbocycles. The number of ketones is 2. The number of carbonyl (C=O) groups is 2. The van der Waals surface area contributed by atoms with Gasteiger partial charge in [-0.15, -0.1) is 0 Å². The van der Waals surface area contributed by atoms with Crippen LogP contribution in [0.4, 0.5) is 0 Å². The molecule has 0 radical (unpaired) electrons. The average molecular weight is 729 g/mol. The van der Waals surface area contributed by atoms with Gasteiger partial charge in [-0.25, -0.2) is 0 Å². The van der Waals surface area contributed by atoms with Crippen LogP contribution in [-0.4, -0.2) is 40.4 Å². The zero-order valence-corrected chi connectivity index (χ0v) is 37.2. The monoisotopic (exact) mass is 729 g/mol. The Kier molecular flexibility index (Phi) is 17.9. The van der Waals surface area contributed by atoms with E-state index in [1.807, 2.05) is 0 Å². The van der Waals surface area contributed by atoms with Crippen molar-refractivity contribution in [2.24, 2.45) is 35.5 Å². The summed E-state index contributed by atoms with van der Waals surface area (Å²) in [6.45, 7) is 32.1.